The zero-order chi connectivity index (χ0) is 16.5. The van der Waals surface area contributed by atoms with Crippen LogP contribution < -0.4 is 10.5 Å². The second-order valence-corrected chi connectivity index (χ2v) is 6.71. The highest BCUT2D eigenvalue weighted by atomic mass is 35.5. The van der Waals surface area contributed by atoms with Crippen molar-refractivity contribution in [1.82, 2.24) is 14.5 Å². The predicted molar refractivity (Wildman–Crippen MR) is 81.7 cm³/mol. The normalized spacial score (nSPS) is 13.0. The highest BCUT2D eigenvalue weighted by Crippen LogP contribution is 2.26. The third-order valence-corrected chi connectivity index (χ3v) is 5.18. The minimum atomic E-state index is -4.06. The van der Waals surface area contributed by atoms with Gasteiger partial charge in [0.05, 0.1) is 5.69 Å². The Bertz CT molecular complexity index is 802. The number of benzene rings is 1. The van der Waals surface area contributed by atoms with Crippen LogP contribution in [0.25, 0.3) is 0 Å². The fourth-order valence-corrected chi connectivity index (χ4v) is 4.01. The SMILES string of the molecule is Cc1nn(C)c(Cl)c1S(=O)(=O)NC(C(N)=O)c1ccccc1. The molecule has 1 aromatic heterocycles. The second kappa shape index (κ2) is 6.07. The van der Waals surface area contributed by atoms with Crippen molar-refractivity contribution in [3.8, 4) is 0 Å². The molecule has 1 atom stereocenters. The van der Waals surface area contributed by atoms with Gasteiger partial charge in [-0.25, -0.2) is 8.42 Å². The van der Waals surface area contributed by atoms with Crippen molar-refractivity contribution in [2.75, 3.05) is 0 Å². The minimum absolute atomic E-state index is 0.0405. The zero-order valence-corrected chi connectivity index (χ0v) is 13.5. The second-order valence-electron chi connectivity index (χ2n) is 4.70. The summed E-state index contributed by atoms with van der Waals surface area (Å²) >= 11 is 5.97. The number of nitrogens with zero attached hydrogens (tertiary/aromatic N) is 2. The van der Waals surface area contributed by atoms with Crippen LogP contribution in [0.1, 0.15) is 17.3 Å². The highest BCUT2D eigenvalue weighted by Gasteiger charge is 2.30. The van der Waals surface area contributed by atoms with Gasteiger partial charge in [-0.05, 0) is 12.5 Å². The van der Waals surface area contributed by atoms with Crippen LogP contribution in [0.2, 0.25) is 5.15 Å². The molecule has 9 heteroatoms. The van der Waals surface area contributed by atoms with E-state index in [9.17, 15) is 13.2 Å². The van der Waals surface area contributed by atoms with E-state index in [0.717, 1.165) is 0 Å². The van der Waals surface area contributed by atoms with Crippen LogP contribution in [-0.2, 0) is 21.9 Å². The summed E-state index contributed by atoms with van der Waals surface area (Å²) in [5.74, 6) is -0.813. The Morgan fingerprint density at radius 2 is 1.95 bits per heavy atom. The number of rotatable bonds is 5. The molecule has 0 fully saturated rings. The molecule has 1 unspecified atom stereocenters. The van der Waals surface area contributed by atoms with Crippen molar-refractivity contribution in [2.45, 2.75) is 17.9 Å². The van der Waals surface area contributed by atoms with Crippen molar-refractivity contribution in [1.29, 1.82) is 0 Å². The van der Waals surface area contributed by atoms with Crippen molar-refractivity contribution in [2.24, 2.45) is 12.8 Å². The van der Waals surface area contributed by atoms with E-state index in [0.29, 0.717) is 5.56 Å². The summed E-state index contributed by atoms with van der Waals surface area (Å²) in [5.41, 5.74) is 5.99. The van der Waals surface area contributed by atoms with Gasteiger partial charge in [-0.15, -0.1) is 0 Å². The summed E-state index contributed by atoms with van der Waals surface area (Å²) in [6.07, 6.45) is 0. The van der Waals surface area contributed by atoms with Crippen LogP contribution in [-0.4, -0.2) is 24.1 Å². The smallest absolute Gasteiger partial charge is 0.246 e. The Morgan fingerprint density at radius 3 is 2.41 bits per heavy atom. The Hall–Kier alpha value is -1.90. The average molecular weight is 343 g/mol. The monoisotopic (exact) mass is 342 g/mol. The lowest BCUT2D eigenvalue weighted by molar-refractivity contribution is -0.119. The molecule has 0 radical (unpaired) electrons. The quantitative estimate of drug-likeness (QED) is 0.841. The van der Waals surface area contributed by atoms with Gasteiger partial charge < -0.3 is 5.73 Å². The van der Waals surface area contributed by atoms with E-state index in [-0.39, 0.29) is 15.7 Å². The highest BCUT2D eigenvalue weighted by molar-refractivity contribution is 7.89. The molecule has 2 rings (SSSR count). The molecular weight excluding hydrogens is 328 g/mol. The summed E-state index contributed by atoms with van der Waals surface area (Å²) in [7, 11) is -2.53. The number of hydrogen-bond acceptors (Lipinski definition) is 4. The Morgan fingerprint density at radius 1 is 1.36 bits per heavy atom. The topological polar surface area (TPSA) is 107 Å². The molecule has 22 heavy (non-hydrogen) atoms. The largest absolute Gasteiger partial charge is 0.368 e. The summed E-state index contributed by atoms with van der Waals surface area (Å²) in [6.45, 7) is 1.52. The number of hydrogen-bond donors (Lipinski definition) is 2. The lowest BCUT2D eigenvalue weighted by Crippen LogP contribution is -2.37. The van der Waals surface area contributed by atoms with Crippen LogP contribution in [0.3, 0.4) is 0 Å². The van der Waals surface area contributed by atoms with Gasteiger partial charge in [-0.1, -0.05) is 41.9 Å². The summed E-state index contributed by atoms with van der Waals surface area (Å²) in [4.78, 5) is 11.5. The lowest BCUT2D eigenvalue weighted by Gasteiger charge is -2.16. The maximum atomic E-state index is 12.5. The molecule has 7 nitrogen and oxygen atoms in total. The standard InChI is InChI=1S/C13H15ClN4O3S/c1-8-11(12(14)18(2)16-8)22(20,21)17-10(13(15)19)9-6-4-3-5-7-9/h3-7,10,17H,1-2H3,(H2,15,19). The minimum Gasteiger partial charge on any atom is -0.368 e. The molecule has 0 aliphatic heterocycles. The van der Waals surface area contributed by atoms with Gasteiger partial charge in [0.1, 0.15) is 16.1 Å². The Labute approximate surface area is 133 Å². The maximum absolute atomic E-state index is 12.5. The van der Waals surface area contributed by atoms with E-state index in [1.807, 2.05) is 0 Å². The molecule has 3 N–H and O–H groups in total. The van der Waals surface area contributed by atoms with Crippen molar-refractivity contribution < 1.29 is 13.2 Å². The number of nitrogens with two attached hydrogens (primary N) is 1. The van der Waals surface area contributed by atoms with Crippen molar-refractivity contribution in [3.05, 3.63) is 46.7 Å². The number of aryl methyl sites for hydroxylation is 2. The van der Waals surface area contributed by atoms with Crippen LogP contribution in [0.4, 0.5) is 0 Å². The van der Waals surface area contributed by atoms with Gasteiger partial charge in [0.15, 0.2) is 0 Å². The van der Waals surface area contributed by atoms with Gasteiger partial charge in [0, 0.05) is 7.05 Å². The number of aromatic nitrogens is 2. The molecule has 0 bridgehead atoms. The first kappa shape index (κ1) is 16.5. The van der Waals surface area contributed by atoms with Gasteiger partial charge in [-0.2, -0.15) is 9.82 Å². The van der Waals surface area contributed by atoms with E-state index in [2.05, 4.69) is 9.82 Å². The fraction of sp³-hybridized carbons (Fsp3) is 0.231. The molecule has 1 heterocycles. The van der Waals surface area contributed by atoms with Crippen LogP contribution in [0.5, 0.6) is 0 Å². The number of primary amides is 1. The first-order valence-corrected chi connectivity index (χ1v) is 8.16. The number of amides is 1. The average Bonchev–Trinajstić information content (AvgIpc) is 2.70. The zero-order valence-electron chi connectivity index (χ0n) is 11.9. The van der Waals surface area contributed by atoms with Crippen LogP contribution in [0, 0.1) is 6.92 Å². The molecular formula is C13H15ClN4O3S. The molecule has 0 saturated heterocycles. The van der Waals surface area contributed by atoms with E-state index >= 15 is 0 Å². The Balaban J connectivity index is 2.44. The van der Waals surface area contributed by atoms with Gasteiger partial charge >= 0.3 is 0 Å². The fourth-order valence-electron chi connectivity index (χ4n) is 2.07. The number of carbonyl (C=O) groups is 1. The summed E-state index contributed by atoms with van der Waals surface area (Å²) in [6, 6.07) is 7.13. The van der Waals surface area contributed by atoms with Gasteiger partial charge in [0.25, 0.3) is 0 Å². The number of carbonyl (C=O) groups excluding carboxylic acids is 1. The van der Waals surface area contributed by atoms with E-state index in [4.69, 9.17) is 17.3 Å². The number of nitrogens with one attached hydrogen (secondary N) is 1. The third kappa shape index (κ3) is 3.13. The van der Waals surface area contributed by atoms with E-state index in [1.54, 1.807) is 30.3 Å². The van der Waals surface area contributed by atoms with Crippen molar-refractivity contribution in [3.63, 3.8) is 0 Å². The number of sulfonamides is 1. The van der Waals surface area contributed by atoms with E-state index < -0.39 is 22.0 Å². The Kier molecular flexibility index (Phi) is 4.55. The van der Waals surface area contributed by atoms with Crippen LogP contribution >= 0.6 is 11.6 Å². The predicted octanol–water partition coefficient (Wildman–Crippen LogP) is 0.887. The van der Waals surface area contributed by atoms with Crippen LogP contribution in [0.15, 0.2) is 35.2 Å². The molecule has 2 aromatic rings. The lowest BCUT2D eigenvalue weighted by atomic mass is 10.1. The molecule has 118 valence electrons. The van der Waals surface area contributed by atoms with Gasteiger partial charge in [0.2, 0.25) is 15.9 Å². The maximum Gasteiger partial charge on any atom is 0.246 e. The molecule has 0 saturated carbocycles. The van der Waals surface area contributed by atoms with Gasteiger partial charge in [-0.3, -0.25) is 9.48 Å². The first-order valence-electron chi connectivity index (χ1n) is 6.29. The third-order valence-electron chi connectivity index (χ3n) is 3.06. The molecule has 1 aromatic carbocycles. The molecule has 0 aliphatic rings. The summed E-state index contributed by atoms with van der Waals surface area (Å²) in [5, 5.41) is 3.91. The first-order chi connectivity index (χ1) is 10.2. The molecule has 0 aliphatic carbocycles. The molecule has 1 amide bonds. The number of halogens is 1. The summed E-state index contributed by atoms with van der Waals surface area (Å²) < 4.78 is 28.6. The van der Waals surface area contributed by atoms with Crippen molar-refractivity contribution >= 4 is 27.5 Å². The van der Waals surface area contributed by atoms with E-state index in [1.165, 1.54) is 18.7 Å². The molecule has 0 spiro atoms.